The van der Waals surface area contributed by atoms with E-state index in [0.717, 1.165) is 16.5 Å². The number of carbonyl (C=O) groups excluding carboxylic acids is 1. The van der Waals surface area contributed by atoms with E-state index >= 15 is 0 Å². The molecule has 0 spiro atoms. The molecule has 24 heavy (non-hydrogen) atoms. The largest absolute Gasteiger partial charge is 0.481 e. The van der Waals surface area contributed by atoms with Crippen LogP contribution in [0.25, 0.3) is 10.8 Å². The van der Waals surface area contributed by atoms with Gasteiger partial charge < -0.3 is 10.1 Å². The van der Waals surface area contributed by atoms with Gasteiger partial charge in [0.2, 0.25) is 0 Å². The SMILES string of the molecule is C[C@H](Oc1cccc(C#N)c1)C(=O)Nc1ccc2ccccc2c1. The average Bonchev–Trinajstić information content (AvgIpc) is 2.61. The molecule has 1 atom stereocenters. The highest BCUT2D eigenvalue weighted by Crippen LogP contribution is 2.20. The minimum Gasteiger partial charge on any atom is -0.481 e. The van der Waals surface area contributed by atoms with Crippen molar-refractivity contribution in [1.82, 2.24) is 0 Å². The number of nitrogens with zero attached hydrogens (tertiary/aromatic N) is 1. The first-order valence-corrected chi connectivity index (χ1v) is 7.62. The summed E-state index contributed by atoms with van der Waals surface area (Å²) in [7, 11) is 0. The maximum Gasteiger partial charge on any atom is 0.265 e. The van der Waals surface area contributed by atoms with Gasteiger partial charge in [-0.2, -0.15) is 5.26 Å². The molecule has 0 radical (unpaired) electrons. The average molecular weight is 316 g/mol. The van der Waals surface area contributed by atoms with Gasteiger partial charge in [0.25, 0.3) is 5.91 Å². The number of anilines is 1. The van der Waals surface area contributed by atoms with Crippen molar-refractivity contribution < 1.29 is 9.53 Å². The van der Waals surface area contributed by atoms with Crippen molar-refractivity contribution in [3.05, 3.63) is 72.3 Å². The summed E-state index contributed by atoms with van der Waals surface area (Å²) in [5.41, 5.74) is 1.22. The third-order valence-corrected chi connectivity index (χ3v) is 3.66. The lowest BCUT2D eigenvalue weighted by atomic mass is 10.1. The summed E-state index contributed by atoms with van der Waals surface area (Å²) in [5.74, 6) is 0.253. The Morgan fingerprint density at radius 2 is 1.83 bits per heavy atom. The number of ether oxygens (including phenoxy) is 1. The van der Waals surface area contributed by atoms with Crippen LogP contribution in [0.4, 0.5) is 5.69 Å². The van der Waals surface area contributed by atoms with E-state index in [9.17, 15) is 4.79 Å². The minimum atomic E-state index is -0.676. The van der Waals surface area contributed by atoms with Crippen LogP contribution in [0.15, 0.2) is 66.7 Å². The van der Waals surface area contributed by atoms with E-state index in [1.54, 1.807) is 31.2 Å². The third-order valence-electron chi connectivity index (χ3n) is 3.66. The van der Waals surface area contributed by atoms with E-state index < -0.39 is 6.10 Å². The van der Waals surface area contributed by atoms with Gasteiger partial charge in [-0.1, -0.05) is 36.4 Å². The van der Waals surface area contributed by atoms with Crippen molar-refractivity contribution >= 4 is 22.4 Å². The summed E-state index contributed by atoms with van der Waals surface area (Å²) in [5, 5.41) is 13.9. The maximum absolute atomic E-state index is 12.3. The first kappa shape index (κ1) is 15.6. The van der Waals surface area contributed by atoms with Crippen LogP contribution >= 0.6 is 0 Å². The highest BCUT2D eigenvalue weighted by molar-refractivity contribution is 5.96. The quantitative estimate of drug-likeness (QED) is 0.787. The molecule has 0 fully saturated rings. The van der Waals surface area contributed by atoms with Gasteiger partial charge in [-0.3, -0.25) is 4.79 Å². The van der Waals surface area contributed by atoms with E-state index in [4.69, 9.17) is 10.00 Å². The number of carbonyl (C=O) groups is 1. The number of fused-ring (bicyclic) bond motifs is 1. The molecule has 0 aliphatic heterocycles. The van der Waals surface area contributed by atoms with Gasteiger partial charge in [-0.05, 0) is 48.0 Å². The molecule has 1 amide bonds. The van der Waals surface area contributed by atoms with Crippen LogP contribution in [-0.2, 0) is 4.79 Å². The molecule has 0 aliphatic rings. The summed E-state index contributed by atoms with van der Waals surface area (Å²) in [6.07, 6.45) is -0.676. The number of benzene rings is 3. The second-order valence-corrected chi connectivity index (χ2v) is 5.45. The summed E-state index contributed by atoms with van der Waals surface area (Å²) >= 11 is 0. The molecule has 0 saturated carbocycles. The van der Waals surface area contributed by atoms with Gasteiger partial charge in [0, 0.05) is 5.69 Å². The summed E-state index contributed by atoms with van der Waals surface area (Å²) in [4.78, 5) is 12.3. The molecule has 0 saturated heterocycles. The normalized spacial score (nSPS) is 11.5. The van der Waals surface area contributed by atoms with Gasteiger partial charge in [0.1, 0.15) is 5.75 Å². The summed E-state index contributed by atoms with van der Waals surface area (Å²) < 4.78 is 5.62. The Morgan fingerprint density at radius 1 is 1.04 bits per heavy atom. The van der Waals surface area contributed by atoms with Gasteiger partial charge in [0.05, 0.1) is 11.6 Å². The van der Waals surface area contributed by atoms with Gasteiger partial charge in [0.15, 0.2) is 6.10 Å². The Kier molecular flexibility index (Phi) is 4.44. The molecule has 1 N–H and O–H groups in total. The van der Waals surface area contributed by atoms with Crippen LogP contribution in [0, 0.1) is 11.3 Å². The van der Waals surface area contributed by atoms with Gasteiger partial charge in [-0.25, -0.2) is 0 Å². The fourth-order valence-electron chi connectivity index (χ4n) is 2.41. The second-order valence-electron chi connectivity index (χ2n) is 5.45. The molecule has 0 aromatic heterocycles. The van der Waals surface area contributed by atoms with E-state index in [1.165, 1.54) is 0 Å². The van der Waals surface area contributed by atoms with Crippen molar-refractivity contribution in [2.75, 3.05) is 5.32 Å². The van der Waals surface area contributed by atoms with E-state index in [0.29, 0.717) is 11.3 Å². The van der Waals surface area contributed by atoms with Crippen LogP contribution in [0.1, 0.15) is 12.5 Å². The van der Waals surface area contributed by atoms with Gasteiger partial charge >= 0.3 is 0 Å². The van der Waals surface area contributed by atoms with Crippen molar-refractivity contribution in [2.24, 2.45) is 0 Å². The van der Waals surface area contributed by atoms with Crippen molar-refractivity contribution in [3.63, 3.8) is 0 Å². The lowest BCUT2D eigenvalue weighted by molar-refractivity contribution is -0.122. The zero-order valence-electron chi connectivity index (χ0n) is 13.2. The predicted molar refractivity (Wildman–Crippen MR) is 93.8 cm³/mol. The number of rotatable bonds is 4. The molecule has 0 unspecified atom stereocenters. The van der Waals surface area contributed by atoms with Crippen LogP contribution in [-0.4, -0.2) is 12.0 Å². The lowest BCUT2D eigenvalue weighted by Gasteiger charge is -2.15. The Balaban J connectivity index is 1.69. The number of hydrogen-bond acceptors (Lipinski definition) is 3. The molecule has 4 heteroatoms. The number of hydrogen-bond donors (Lipinski definition) is 1. The third kappa shape index (κ3) is 3.53. The van der Waals surface area contributed by atoms with Crippen molar-refractivity contribution in [1.29, 1.82) is 5.26 Å². The molecule has 0 heterocycles. The fourth-order valence-corrected chi connectivity index (χ4v) is 2.41. The maximum atomic E-state index is 12.3. The van der Waals surface area contributed by atoms with Crippen LogP contribution < -0.4 is 10.1 Å². The monoisotopic (exact) mass is 316 g/mol. The Morgan fingerprint density at radius 3 is 2.62 bits per heavy atom. The smallest absolute Gasteiger partial charge is 0.265 e. The van der Waals surface area contributed by atoms with Crippen LogP contribution in [0.5, 0.6) is 5.75 Å². The summed E-state index contributed by atoms with van der Waals surface area (Å²) in [6.45, 7) is 1.68. The Bertz CT molecular complexity index is 928. The molecular weight excluding hydrogens is 300 g/mol. The van der Waals surface area contributed by atoms with Crippen molar-refractivity contribution in [3.8, 4) is 11.8 Å². The Hall–Kier alpha value is -3.32. The van der Waals surface area contributed by atoms with Crippen molar-refractivity contribution in [2.45, 2.75) is 13.0 Å². The molecule has 3 rings (SSSR count). The highest BCUT2D eigenvalue weighted by atomic mass is 16.5. The van der Waals surface area contributed by atoms with Gasteiger partial charge in [-0.15, -0.1) is 0 Å². The number of nitrogens with one attached hydrogen (secondary N) is 1. The van der Waals surface area contributed by atoms with E-state index in [-0.39, 0.29) is 5.91 Å². The molecule has 3 aromatic rings. The molecule has 118 valence electrons. The highest BCUT2D eigenvalue weighted by Gasteiger charge is 2.15. The Labute approximate surface area is 140 Å². The topological polar surface area (TPSA) is 62.1 Å². The van der Waals surface area contributed by atoms with Crippen LogP contribution in [0.2, 0.25) is 0 Å². The number of nitriles is 1. The molecule has 0 aliphatic carbocycles. The fraction of sp³-hybridized carbons (Fsp3) is 0.100. The molecule has 4 nitrogen and oxygen atoms in total. The van der Waals surface area contributed by atoms with Crippen LogP contribution in [0.3, 0.4) is 0 Å². The summed E-state index contributed by atoms with van der Waals surface area (Å²) in [6, 6.07) is 22.5. The first-order valence-electron chi connectivity index (χ1n) is 7.62. The standard InChI is InChI=1S/C20H16N2O2/c1-14(24-19-8-4-5-15(11-19)13-21)20(23)22-18-10-9-16-6-2-3-7-17(16)12-18/h2-12,14H,1H3,(H,22,23)/t14-/m0/s1. The lowest BCUT2D eigenvalue weighted by Crippen LogP contribution is -2.30. The molecule has 0 bridgehead atoms. The second kappa shape index (κ2) is 6.84. The predicted octanol–water partition coefficient (Wildman–Crippen LogP) is 4.12. The molecular formula is C20H16N2O2. The zero-order chi connectivity index (χ0) is 16.9. The zero-order valence-corrected chi connectivity index (χ0v) is 13.2. The van der Waals surface area contributed by atoms with E-state index in [2.05, 4.69) is 5.32 Å². The van der Waals surface area contributed by atoms with E-state index in [1.807, 2.05) is 48.5 Å². The number of amides is 1. The first-order chi connectivity index (χ1) is 11.7. The molecule has 3 aromatic carbocycles. The minimum absolute atomic E-state index is 0.243.